The van der Waals surface area contributed by atoms with Crippen LogP contribution in [-0.4, -0.2) is 35.0 Å². The van der Waals surface area contributed by atoms with E-state index >= 15 is 0 Å². The van der Waals surface area contributed by atoms with E-state index in [1.54, 1.807) is 0 Å². The lowest BCUT2D eigenvalue weighted by molar-refractivity contribution is -0.143. The van der Waals surface area contributed by atoms with Crippen molar-refractivity contribution in [1.82, 2.24) is 0 Å². The van der Waals surface area contributed by atoms with E-state index in [2.05, 4.69) is 0 Å². The quantitative estimate of drug-likeness (QED) is 0.481. The summed E-state index contributed by atoms with van der Waals surface area (Å²) in [6, 6.07) is 0. The van der Waals surface area contributed by atoms with E-state index in [4.69, 9.17) is 4.74 Å². The molecule has 4 nitrogen and oxygen atoms in total. The number of hydrogen-bond acceptors (Lipinski definition) is 4. The second-order valence-electron chi connectivity index (χ2n) is 4.35. The van der Waals surface area contributed by atoms with Crippen molar-refractivity contribution in [3.8, 4) is 0 Å². The van der Waals surface area contributed by atoms with Gasteiger partial charge in [0.2, 0.25) is 0 Å². The van der Waals surface area contributed by atoms with E-state index in [1.807, 2.05) is 0 Å². The molecule has 2 saturated carbocycles. The van der Waals surface area contributed by atoms with Gasteiger partial charge in [0.05, 0.1) is 24.7 Å². The highest BCUT2D eigenvalue weighted by atomic mass is 16.5. The van der Waals surface area contributed by atoms with Gasteiger partial charge in [-0.1, -0.05) is 0 Å². The fraction of sp³-hybridized carbons (Fsp3) is 0.889. The van der Waals surface area contributed by atoms with E-state index in [1.165, 1.54) is 0 Å². The van der Waals surface area contributed by atoms with Crippen LogP contribution in [0.5, 0.6) is 0 Å². The molecule has 6 atom stereocenters. The average molecular weight is 184 g/mol. The fourth-order valence-electron chi connectivity index (χ4n) is 3.38. The summed E-state index contributed by atoms with van der Waals surface area (Å²) in [6.45, 7) is 0.388. The first kappa shape index (κ1) is 7.76. The van der Waals surface area contributed by atoms with Crippen LogP contribution in [0.2, 0.25) is 0 Å². The van der Waals surface area contributed by atoms with Crippen LogP contribution >= 0.6 is 0 Å². The first-order chi connectivity index (χ1) is 6.20. The minimum atomic E-state index is -0.488. The molecule has 2 aliphatic carbocycles. The minimum absolute atomic E-state index is 0.0556. The van der Waals surface area contributed by atoms with Gasteiger partial charge in [-0.25, -0.2) is 0 Å². The molecule has 72 valence electrons. The lowest BCUT2D eigenvalue weighted by Gasteiger charge is -2.23. The molecule has 13 heavy (non-hydrogen) atoms. The Morgan fingerprint density at radius 2 is 2.08 bits per heavy atom. The van der Waals surface area contributed by atoms with E-state index in [0.717, 1.165) is 0 Å². The van der Waals surface area contributed by atoms with Crippen LogP contribution in [-0.2, 0) is 9.53 Å². The zero-order chi connectivity index (χ0) is 9.16. The minimum Gasteiger partial charge on any atom is -0.465 e. The molecule has 2 bridgehead atoms. The van der Waals surface area contributed by atoms with Crippen molar-refractivity contribution in [2.24, 2.45) is 23.7 Å². The Kier molecular flexibility index (Phi) is 1.34. The number of fused-ring (bicyclic) bond motifs is 5. The summed E-state index contributed by atoms with van der Waals surface area (Å²) < 4.78 is 4.94. The van der Waals surface area contributed by atoms with Gasteiger partial charge in [-0.3, -0.25) is 4.79 Å². The van der Waals surface area contributed by atoms with E-state index < -0.39 is 12.2 Å². The van der Waals surface area contributed by atoms with Gasteiger partial charge in [0.1, 0.15) is 0 Å². The van der Waals surface area contributed by atoms with Gasteiger partial charge >= 0.3 is 5.97 Å². The number of ether oxygens (including phenoxy) is 1. The number of aliphatic hydroxyl groups excluding tert-OH is 2. The molecule has 0 aromatic carbocycles. The Labute approximate surface area is 75.5 Å². The summed E-state index contributed by atoms with van der Waals surface area (Å²) in [6.07, 6.45) is -0.365. The van der Waals surface area contributed by atoms with Gasteiger partial charge in [0.15, 0.2) is 0 Å². The second kappa shape index (κ2) is 2.25. The normalized spacial score (nSPS) is 58.2. The fourth-order valence-corrected chi connectivity index (χ4v) is 3.38. The van der Waals surface area contributed by atoms with Crippen molar-refractivity contribution in [2.45, 2.75) is 18.6 Å². The average Bonchev–Trinajstić information content (AvgIpc) is 2.64. The molecule has 0 aromatic rings. The molecular weight excluding hydrogens is 172 g/mol. The lowest BCUT2D eigenvalue weighted by atomic mass is 9.80. The van der Waals surface area contributed by atoms with Crippen LogP contribution in [0.15, 0.2) is 0 Å². The highest BCUT2D eigenvalue weighted by Crippen LogP contribution is 2.55. The summed E-state index contributed by atoms with van der Waals surface area (Å²) in [4.78, 5) is 11.3. The largest absolute Gasteiger partial charge is 0.465 e. The molecule has 0 unspecified atom stereocenters. The molecule has 1 heterocycles. The predicted octanol–water partition coefficient (Wildman–Crippen LogP) is -0.853. The number of cyclic esters (lactones) is 1. The molecule has 1 saturated heterocycles. The standard InChI is InChI=1S/C9H12O4/c10-5-1-3-6-4(2-13-9(6)12)7(5)8(3)11/h3-8,10-11H,1-2H2/t3-,4+,5+,6+,7+,8-/m0/s1. The van der Waals surface area contributed by atoms with Gasteiger partial charge < -0.3 is 14.9 Å². The summed E-state index contributed by atoms with van der Waals surface area (Å²) in [5.74, 6) is -0.426. The molecule has 4 heteroatoms. The number of esters is 1. The molecule has 0 aromatic heterocycles. The molecule has 3 rings (SSSR count). The maximum absolute atomic E-state index is 11.3. The van der Waals surface area contributed by atoms with Gasteiger partial charge in [-0.2, -0.15) is 0 Å². The Hall–Kier alpha value is -0.610. The maximum atomic E-state index is 11.3. The molecule has 3 aliphatic rings. The van der Waals surface area contributed by atoms with Crippen molar-refractivity contribution >= 4 is 5.97 Å². The lowest BCUT2D eigenvalue weighted by Crippen LogP contribution is -2.31. The number of hydrogen-bond donors (Lipinski definition) is 2. The zero-order valence-corrected chi connectivity index (χ0v) is 7.09. The Morgan fingerprint density at radius 3 is 2.85 bits per heavy atom. The smallest absolute Gasteiger partial charge is 0.309 e. The highest BCUT2D eigenvalue weighted by molar-refractivity contribution is 5.76. The third-order valence-corrected chi connectivity index (χ3v) is 3.90. The molecule has 3 fully saturated rings. The van der Waals surface area contributed by atoms with Crippen molar-refractivity contribution in [3.63, 3.8) is 0 Å². The number of rotatable bonds is 0. The van der Waals surface area contributed by atoms with Crippen LogP contribution in [0, 0.1) is 23.7 Å². The van der Waals surface area contributed by atoms with Gasteiger partial charge in [-0.05, 0) is 6.42 Å². The summed E-state index contributed by atoms with van der Waals surface area (Å²) >= 11 is 0. The second-order valence-corrected chi connectivity index (χ2v) is 4.35. The summed E-state index contributed by atoms with van der Waals surface area (Å²) in [5, 5.41) is 19.4. The molecule has 0 amide bonds. The van der Waals surface area contributed by atoms with Crippen molar-refractivity contribution in [1.29, 1.82) is 0 Å². The SMILES string of the molecule is O=C1OC[C@@H]2[C@H]1[C@@H]1C[C@@H](O)[C@@H]2[C@H]1O. The Morgan fingerprint density at radius 1 is 1.31 bits per heavy atom. The van der Waals surface area contributed by atoms with Gasteiger partial charge in [-0.15, -0.1) is 0 Å². The molecule has 0 radical (unpaired) electrons. The molecule has 1 aliphatic heterocycles. The van der Waals surface area contributed by atoms with E-state index in [-0.39, 0.29) is 29.6 Å². The van der Waals surface area contributed by atoms with Crippen LogP contribution in [0.3, 0.4) is 0 Å². The van der Waals surface area contributed by atoms with Crippen molar-refractivity contribution in [2.75, 3.05) is 6.61 Å². The highest BCUT2D eigenvalue weighted by Gasteiger charge is 2.63. The summed E-state index contributed by atoms with van der Waals surface area (Å²) in [5.41, 5.74) is 0. The van der Waals surface area contributed by atoms with Gasteiger partial charge in [0.25, 0.3) is 0 Å². The predicted molar refractivity (Wildman–Crippen MR) is 41.5 cm³/mol. The van der Waals surface area contributed by atoms with E-state index in [0.29, 0.717) is 13.0 Å². The number of carbonyl (C=O) groups is 1. The number of aliphatic hydroxyl groups is 2. The third-order valence-electron chi connectivity index (χ3n) is 3.90. The van der Waals surface area contributed by atoms with Crippen LogP contribution < -0.4 is 0 Å². The Balaban J connectivity index is 1.98. The number of carbonyl (C=O) groups excluding carboxylic acids is 1. The molecule has 2 N–H and O–H groups in total. The maximum Gasteiger partial charge on any atom is 0.309 e. The first-order valence-electron chi connectivity index (χ1n) is 4.73. The zero-order valence-electron chi connectivity index (χ0n) is 7.09. The Bertz CT molecular complexity index is 262. The molecular formula is C9H12O4. The van der Waals surface area contributed by atoms with Crippen LogP contribution in [0.4, 0.5) is 0 Å². The van der Waals surface area contributed by atoms with Crippen molar-refractivity contribution in [3.05, 3.63) is 0 Å². The summed E-state index contributed by atoms with van der Waals surface area (Å²) in [7, 11) is 0. The third kappa shape index (κ3) is 0.758. The van der Waals surface area contributed by atoms with Crippen LogP contribution in [0.25, 0.3) is 0 Å². The monoisotopic (exact) mass is 184 g/mol. The topological polar surface area (TPSA) is 66.8 Å². The van der Waals surface area contributed by atoms with Gasteiger partial charge in [0, 0.05) is 17.8 Å². The van der Waals surface area contributed by atoms with Crippen LogP contribution in [0.1, 0.15) is 6.42 Å². The van der Waals surface area contributed by atoms with Crippen molar-refractivity contribution < 1.29 is 19.7 Å². The van der Waals surface area contributed by atoms with E-state index in [9.17, 15) is 15.0 Å². The molecule has 0 spiro atoms. The first-order valence-corrected chi connectivity index (χ1v) is 4.73.